The Labute approximate surface area is 219 Å². The van der Waals surface area contributed by atoms with E-state index in [4.69, 9.17) is 19.1 Å². The number of carbonyl (C=O) groups excluding carboxylic acids is 1. The summed E-state index contributed by atoms with van der Waals surface area (Å²) in [6, 6.07) is 17.4. The normalized spacial score (nSPS) is 22.0. The van der Waals surface area contributed by atoms with E-state index in [1.807, 2.05) is 54.6 Å². The molecule has 1 aliphatic carbocycles. The average Bonchev–Trinajstić information content (AvgIpc) is 3.50. The molecule has 3 aromatic rings. The van der Waals surface area contributed by atoms with Crippen molar-refractivity contribution in [3.05, 3.63) is 71.6 Å². The second-order valence-corrected chi connectivity index (χ2v) is 9.32. The first-order valence-corrected chi connectivity index (χ1v) is 12.7. The lowest BCUT2D eigenvalue weighted by Gasteiger charge is -2.29. The molecule has 2 atom stereocenters. The molecule has 11 nitrogen and oxygen atoms in total. The number of benzodiazepines with no additional fused rings is 1. The number of hydrogen-bond acceptors (Lipinski definition) is 9. The number of benzene rings is 2. The molecule has 1 amide bonds. The third-order valence-corrected chi connectivity index (χ3v) is 6.82. The predicted molar refractivity (Wildman–Crippen MR) is 144 cm³/mol. The fourth-order valence-corrected chi connectivity index (χ4v) is 4.62. The molecule has 1 saturated carbocycles. The molecule has 38 heavy (non-hydrogen) atoms. The van der Waals surface area contributed by atoms with Crippen LogP contribution in [0.2, 0.25) is 0 Å². The van der Waals surface area contributed by atoms with Crippen molar-refractivity contribution in [1.82, 2.24) is 15.5 Å². The van der Waals surface area contributed by atoms with Gasteiger partial charge in [0.05, 0.1) is 24.6 Å². The Balaban J connectivity index is 1.28. The number of rotatable bonds is 8. The van der Waals surface area contributed by atoms with Crippen molar-refractivity contribution in [3.8, 4) is 0 Å². The van der Waals surface area contributed by atoms with Crippen LogP contribution in [0.15, 0.2) is 74.0 Å². The summed E-state index contributed by atoms with van der Waals surface area (Å²) < 4.78 is 11.1. The van der Waals surface area contributed by atoms with Crippen LogP contribution in [-0.2, 0) is 9.53 Å². The molecule has 3 N–H and O–H groups in total. The van der Waals surface area contributed by atoms with E-state index in [1.165, 1.54) is 6.42 Å². The second-order valence-electron chi connectivity index (χ2n) is 9.32. The smallest absolute Gasteiger partial charge is 0.317 e. The van der Waals surface area contributed by atoms with Crippen LogP contribution in [0.3, 0.4) is 0 Å². The molecule has 1 unspecified atom stereocenters. The van der Waals surface area contributed by atoms with Gasteiger partial charge in [0.15, 0.2) is 11.5 Å². The van der Waals surface area contributed by atoms with Crippen molar-refractivity contribution in [1.29, 1.82) is 0 Å². The monoisotopic (exact) mass is 512 g/mol. The van der Waals surface area contributed by atoms with Gasteiger partial charge in [0.25, 0.3) is 11.8 Å². The molecule has 194 valence electrons. The molecule has 0 saturated heterocycles. The standard InChI is InChI=1S/C27H28N8O3/c1-37-15-14-28-23-21(31-22(32-23)17-10-7-11-17)26-34-35-27(38-26)33-24-25(36)29-19-13-6-5-12-18(19)20(30-24)16-8-3-2-4-9-16/h2-6,8-9,12-13,17,22,24H,7,10-11,14-15H2,1H3,(H,28,32)(H,29,36)(H,33,35)/t22?,24-/m1/s1. The van der Waals surface area contributed by atoms with Crippen LogP contribution >= 0.6 is 0 Å². The van der Waals surface area contributed by atoms with E-state index >= 15 is 0 Å². The molecule has 2 aromatic carbocycles. The third kappa shape index (κ3) is 4.80. The minimum absolute atomic E-state index is 0.0625. The third-order valence-electron chi connectivity index (χ3n) is 6.82. The Morgan fingerprint density at radius 2 is 1.87 bits per heavy atom. The first-order chi connectivity index (χ1) is 18.7. The maximum Gasteiger partial charge on any atom is 0.317 e. The van der Waals surface area contributed by atoms with E-state index in [0.717, 1.165) is 24.0 Å². The van der Waals surface area contributed by atoms with Crippen molar-refractivity contribution in [3.63, 3.8) is 0 Å². The largest absolute Gasteiger partial charge is 0.401 e. The minimum Gasteiger partial charge on any atom is -0.401 e. The number of nitrogens with zero attached hydrogens (tertiary/aromatic N) is 5. The highest BCUT2D eigenvalue weighted by Crippen LogP contribution is 2.32. The number of para-hydroxylation sites is 1. The van der Waals surface area contributed by atoms with Gasteiger partial charge in [-0.3, -0.25) is 14.8 Å². The number of amidine groups is 1. The number of nitrogens with one attached hydrogen (secondary N) is 3. The maximum absolute atomic E-state index is 13.1. The van der Waals surface area contributed by atoms with Crippen LogP contribution in [0.4, 0.5) is 11.7 Å². The summed E-state index contributed by atoms with van der Waals surface area (Å²) in [6.07, 6.45) is 2.39. The van der Waals surface area contributed by atoms with Crippen molar-refractivity contribution < 1.29 is 13.9 Å². The summed E-state index contributed by atoms with van der Waals surface area (Å²) in [6.45, 7) is 0.971. The molecule has 6 rings (SSSR count). The number of anilines is 2. The van der Waals surface area contributed by atoms with Crippen molar-refractivity contribution in [2.24, 2.45) is 20.9 Å². The topological polar surface area (TPSA) is 138 Å². The maximum atomic E-state index is 13.1. The summed E-state index contributed by atoms with van der Waals surface area (Å²) in [4.78, 5) is 27.3. The number of amides is 1. The van der Waals surface area contributed by atoms with E-state index in [1.54, 1.807) is 7.11 Å². The van der Waals surface area contributed by atoms with Gasteiger partial charge in [0.1, 0.15) is 6.17 Å². The second kappa shape index (κ2) is 10.5. The quantitative estimate of drug-likeness (QED) is 0.395. The summed E-state index contributed by atoms with van der Waals surface area (Å²) >= 11 is 0. The van der Waals surface area contributed by atoms with Gasteiger partial charge < -0.3 is 25.1 Å². The number of hydrogen-bond donors (Lipinski definition) is 3. The molecule has 11 heteroatoms. The Hall–Kier alpha value is -4.38. The summed E-state index contributed by atoms with van der Waals surface area (Å²) in [7, 11) is 1.64. The molecular weight excluding hydrogens is 484 g/mol. The fourth-order valence-electron chi connectivity index (χ4n) is 4.62. The van der Waals surface area contributed by atoms with Crippen LogP contribution in [-0.4, -0.2) is 66.0 Å². The highest BCUT2D eigenvalue weighted by molar-refractivity contribution is 6.47. The summed E-state index contributed by atoms with van der Waals surface area (Å²) in [5.41, 5.74) is 3.59. The van der Waals surface area contributed by atoms with Gasteiger partial charge in [-0.15, -0.1) is 5.10 Å². The van der Waals surface area contributed by atoms with Gasteiger partial charge in [0, 0.05) is 18.2 Å². The molecular formula is C27H28N8O3. The van der Waals surface area contributed by atoms with Crippen molar-refractivity contribution in [2.75, 3.05) is 30.9 Å². The average molecular weight is 513 g/mol. The zero-order chi connectivity index (χ0) is 25.9. The highest BCUT2D eigenvalue weighted by Gasteiger charge is 2.36. The Bertz CT molecular complexity index is 1410. The number of carbonyl (C=O) groups is 1. The Kier molecular flexibility index (Phi) is 6.65. The summed E-state index contributed by atoms with van der Waals surface area (Å²) in [5.74, 6) is 0.960. The lowest BCUT2D eigenvalue weighted by atomic mass is 9.83. The molecule has 1 fully saturated rings. The minimum atomic E-state index is -0.993. The van der Waals surface area contributed by atoms with E-state index in [-0.39, 0.29) is 24.0 Å². The van der Waals surface area contributed by atoms with E-state index in [9.17, 15) is 4.79 Å². The number of methoxy groups -OCH3 is 1. The molecule has 3 aliphatic rings. The number of aromatic nitrogens is 2. The molecule has 2 aliphatic heterocycles. The van der Waals surface area contributed by atoms with Crippen LogP contribution in [0.5, 0.6) is 0 Å². The van der Waals surface area contributed by atoms with Crippen LogP contribution < -0.4 is 16.0 Å². The van der Waals surface area contributed by atoms with E-state index in [2.05, 4.69) is 31.1 Å². The zero-order valence-corrected chi connectivity index (χ0v) is 20.9. The Morgan fingerprint density at radius 1 is 1.05 bits per heavy atom. The zero-order valence-electron chi connectivity index (χ0n) is 20.9. The molecule has 0 radical (unpaired) electrons. The van der Waals surface area contributed by atoms with Crippen LogP contribution in [0.25, 0.3) is 0 Å². The highest BCUT2D eigenvalue weighted by atomic mass is 16.5. The van der Waals surface area contributed by atoms with Crippen molar-refractivity contribution >= 4 is 34.9 Å². The fraction of sp³-hybridized carbons (Fsp3) is 0.333. The molecule has 0 spiro atoms. The summed E-state index contributed by atoms with van der Waals surface area (Å²) in [5, 5.41) is 17.7. The van der Waals surface area contributed by atoms with Crippen LogP contribution in [0, 0.1) is 5.92 Å². The van der Waals surface area contributed by atoms with Gasteiger partial charge >= 0.3 is 6.01 Å². The van der Waals surface area contributed by atoms with Gasteiger partial charge in [-0.2, -0.15) is 0 Å². The molecule has 1 aromatic heterocycles. The number of aliphatic imine (C=N–C) groups is 3. The van der Waals surface area contributed by atoms with Gasteiger partial charge in [-0.25, -0.2) is 4.99 Å². The first kappa shape index (κ1) is 24.0. The lowest BCUT2D eigenvalue weighted by molar-refractivity contribution is -0.116. The molecule has 3 heterocycles. The van der Waals surface area contributed by atoms with E-state index in [0.29, 0.717) is 42.0 Å². The van der Waals surface area contributed by atoms with Gasteiger partial charge in [-0.05, 0) is 24.8 Å². The predicted octanol–water partition coefficient (Wildman–Crippen LogP) is 2.86. The van der Waals surface area contributed by atoms with Crippen molar-refractivity contribution in [2.45, 2.75) is 31.6 Å². The number of ether oxygens (including phenoxy) is 1. The van der Waals surface area contributed by atoms with Crippen LogP contribution in [0.1, 0.15) is 36.3 Å². The lowest BCUT2D eigenvalue weighted by Crippen LogP contribution is -2.38. The SMILES string of the molecule is COCCN=C1NC(C2CCC2)N=C1c1nnc(N[C@H]2N=C(c3ccccc3)c3ccccc3NC2=O)o1. The first-order valence-electron chi connectivity index (χ1n) is 12.7. The van der Waals surface area contributed by atoms with E-state index < -0.39 is 6.17 Å². The Morgan fingerprint density at radius 3 is 2.66 bits per heavy atom. The van der Waals surface area contributed by atoms with Gasteiger partial charge in [0.2, 0.25) is 6.17 Å². The van der Waals surface area contributed by atoms with Gasteiger partial charge in [-0.1, -0.05) is 60.1 Å². The number of fused-ring (bicyclic) bond motifs is 1. The molecule has 0 bridgehead atoms.